The molecule has 0 radical (unpaired) electrons. The zero-order valence-electron chi connectivity index (χ0n) is 7.41. The molecule has 13 heavy (non-hydrogen) atoms. The number of halogens is 1. The first-order valence-corrected chi connectivity index (χ1v) is 5.36. The first-order chi connectivity index (χ1) is 6.06. The van der Waals surface area contributed by atoms with Crippen LogP contribution in [-0.4, -0.2) is 23.4 Å². The summed E-state index contributed by atoms with van der Waals surface area (Å²) < 4.78 is 0. The van der Waals surface area contributed by atoms with Crippen molar-refractivity contribution in [1.29, 1.82) is 0 Å². The minimum absolute atomic E-state index is 0.469. The summed E-state index contributed by atoms with van der Waals surface area (Å²) >= 11 is 7.34. The molecule has 0 aliphatic carbocycles. The van der Waals surface area contributed by atoms with Gasteiger partial charge in [-0.1, -0.05) is 11.6 Å². The Hall–Kier alpha value is -0.155. The highest BCUT2D eigenvalue weighted by Crippen LogP contribution is 2.22. The molecule has 2 nitrogen and oxygen atoms in total. The smallest absolute Gasteiger partial charge is 0.423 e. The van der Waals surface area contributed by atoms with Gasteiger partial charge in [-0.2, -0.15) is 0 Å². The van der Waals surface area contributed by atoms with Crippen molar-refractivity contribution >= 4 is 35.9 Å². The van der Waals surface area contributed by atoms with E-state index in [2.05, 4.69) is 0 Å². The molecule has 0 unspecified atom stereocenters. The largest absolute Gasteiger partial charge is 0.488 e. The second-order valence-electron chi connectivity index (χ2n) is 2.70. The predicted molar refractivity (Wildman–Crippen MR) is 57.8 cm³/mol. The first-order valence-electron chi connectivity index (χ1n) is 3.76. The Labute approximate surface area is 87.1 Å². The van der Waals surface area contributed by atoms with Crippen LogP contribution in [0.5, 0.6) is 0 Å². The van der Waals surface area contributed by atoms with Gasteiger partial charge in [-0.15, -0.1) is 11.8 Å². The van der Waals surface area contributed by atoms with Crippen LogP contribution < -0.4 is 5.46 Å². The van der Waals surface area contributed by atoms with E-state index >= 15 is 0 Å². The van der Waals surface area contributed by atoms with Gasteiger partial charge < -0.3 is 10.0 Å². The zero-order valence-corrected chi connectivity index (χ0v) is 8.99. The molecule has 0 fully saturated rings. The Morgan fingerprint density at radius 3 is 2.46 bits per heavy atom. The van der Waals surface area contributed by atoms with E-state index in [-0.39, 0.29) is 0 Å². The second kappa shape index (κ2) is 4.37. The molecule has 0 aromatic heterocycles. The van der Waals surface area contributed by atoms with Crippen molar-refractivity contribution in [2.75, 3.05) is 6.26 Å². The quantitative estimate of drug-likeness (QED) is 0.573. The van der Waals surface area contributed by atoms with Crippen molar-refractivity contribution in [3.8, 4) is 0 Å². The molecule has 0 spiro atoms. The Balaban J connectivity index is 3.27. The number of hydrogen-bond donors (Lipinski definition) is 2. The molecule has 0 bridgehead atoms. The molecular weight excluding hydrogens is 206 g/mol. The van der Waals surface area contributed by atoms with E-state index in [9.17, 15) is 0 Å². The minimum Gasteiger partial charge on any atom is -0.423 e. The van der Waals surface area contributed by atoms with E-state index in [0.29, 0.717) is 10.5 Å². The number of benzene rings is 1. The van der Waals surface area contributed by atoms with Gasteiger partial charge in [-0.25, -0.2) is 0 Å². The summed E-state index contributed by atoms with van der Waals surface area (Å²) in [5.74, 6) is 0. The topological polar surface area (TPSA) is 40.5 Å². The molecule has 1 aromatic rings. The number of hydrogen-bond acceptors (Lipinski definition) is 3. The van der Waals surface area contributed by atoms with Crippen molar-refractivity contribution in [2.24, 2.45) is 0 Å². The van der Waals surface area contributed by atoms with Crippen LogP contribution in [-0.2, 0) is 0 Å². The van der Waals surface area contributed by atoms with Crippen LogP contribution in [0, 0.1) is 6.92 Å². The lowest BCUT2D eigenvalue weighted by Gasteiger charge is -2.09. The van der Waals surface area contributed by atoms with Gasteiger partial charge in [0, 0.05) is 9.92 Å². The predicted octanol–water partition coefficient (Wildman–Crippen LogP) is 1.05. The maximum Gasteiger partial charge on any atom is 0.488 e. The van der Waals surface area contributed by atoms with E-state index in [1.54, 1.807) is 6.07 Å². The van der Waals surface area contributed by atoms with Gasteiger partial charge in [0.05, 0.1) is 0 Å². The summed E-state index contributed by atoms with van der Waals surface area (Å²) in [6.45, 7) is 1.84. The summed E-state index contributed by atoms with van der Waals surface area (Å²) in [6.07, 6.45) is 1.92. The third kappa shape index (κ3) is 2.41. The Bertz CT molecular complexity index is 317. The highest BCUT2D eigenvalue weighted by atomic mass is 35.5. The first kappa shape index (κ1) is 10.9. The van der Waals surface area contributed by atoms with Gasteiger partial charge in [-0.3, -0.25) is 0 Å². The van der Waals surface area contributed by atoms with E-state index in [1.807, 2.05) is 19.2 Å². The van der Waals surface area contributed by atoms with Crippen molar-refractivity contribution < 1.29 is 10.0 Å². The lowest BCUT2D eigenvalue weighted by molar-refractivity contribution is 0.425. The molecule has 1 rings (SSSR count). The van der Waals surface area contributed by atoms with Gasteiger partial charge >= 0.3 is 7.12 Å². The van der Waals surface area contributed by atoms with E-state index in [0.717, 1.165) is 10.5 Å². The molecule has 0 amide bonds. The molecule has 5 heteroatoms. The molecule has 2 N–H and O–H groups in total. The Morgan fingerprint density at radius 1 is 1.38 bits per heavy atom. The summed E-state index contributed by atoms with van der Waals surface area (Å²) in [5.41, 5.74) is 1.34. The maximum atomic E-state index is 9.04. The van der Waals surface area contributed by atoms with E-state index in [1.165, 1.54) is 11.8 Å². The average molecular weight is 216 g/mol. The molecule has 1 aromatic carbocycles. The van der Waals surface area contributed by atoms with Crippen LogP contribution in [0.4, 0.5) is 0 Å². The van der Waals surface area contributed by atoms with Crippen LogP contribution in [0.15, 0.2) is 17.0 Å². The van der Waals surface area contributed by atoms with Gasteiger partial charge in [0.1, 0.15) is 0 Å². The second-order valence-corrected chi connectivity index (χ2v) is 3.98. The molecule has 0 saturated heterocycles. The number of rotatable bonds is 2. The van der Waals surface area contributed by atoms with Gasteiger partial charge in [-0.05, 0) is 36.3 Å². The third-order valence-corrected chi connectivity index (χ3v) is 2.95. The fraction of sp³-hybridized carbons (Fsp3) is 0.250. The summed E-state index contributed by atoms with van der Waals surface area (Å²) in [4.78, 5) is 0.968. The van der Waals surface area contributed by atoms with Crippen molar-refractivity contribution in [3.63, 3.8) is 0 Å². The third-order valence-electron chi connectivity index (χ3n) is 1.86. The van der Waals surface area contributed by atoms with Crippen LogP contribution in [0.3, 0.4) is 0 Å². The SMILES string of the molecule is CSc1cc(Cl)cc(B(O)O)c1C. The minimum atomic E-state index is -1.45. The summed E-state index contributed by atoms with van der Waals surface area (Å²) in [5, 5.41) is 18.6. The van der Waals surface area contributed by atoms with Gasteiger partial charge in [0.15, 0.2) is 0 Å². The Morgan fingerprint density at radius 2 is 2.00 bits per heavy atom. The molecule has 0 atom stereocenters. The highest BCUT2D eigenvalue weighted by molar-refractivity contribution is 7.98. The standard InChI is InChI=1S/C8H10BClO2S/c1-5-7(9(11)12)3-6(10)4-8(5)13-2/h3-4,11-12H,1-2H3. The van der Waals surface area contributed by atoms with E-state index in [4.69, 9.17) is 21.6 Å². The van der Waals surface area contributed by atoms with Crippen molar-refractivity contribution in [3.05, 3.63) is 22.7 Å². The van der Waals surface area contributed by atoms with Crippen LogP contribution in [0.2, 0.25) is 5.02 Å². The lowest BCUT2D eigenvalue weighted by atomic mass is 9.77. The zero-order chi connectivity index (χ0) is 10.0. The highest BCUT2D eigenvalue weighted by Gasteiger charge is 2.16. The molecule has 0 aliphatic heterocycles. The van der Waals surface area contributed by atoms with Crippen LogP contribution in [0.25, 0.3) is 0 Å². The van der Waals surface area contributed by atoms with Gasteiger partial charge in [0.2, 0.25) is 0 Å². The monoisotopic (exact) mass is 216 g/mol. The van der Waals surface area contributed by atoms with Crippen LogP contribution >= 0.6 is 23.4 Å². The Kier molecular flexibility index (Phi) is 3.68. The van der Waals surface area contributed by atoms with Crippen molar-refractivity contribution in [1.82, 2.24) is 0 Å². The van der Waals surface area contributed by atoms with Crippen molar-refractivity contribution in [2.45, 2.75) is 11.8 Å². The molecule has 0 saturated carbocycles. The molecular formula is C8H10BClO2S. The normalized spacial score (nSPS) is 10.2. The number of thioether (sulfide) groups is 1. The van der Waals surface area contributed by atoms with Crippen LogP contribution in [0.1, 0.15) is 5.56 Å². The molecule has 0 heterocycles. The van der Waals surface area contributed by atoms with E-state index < -0.39 is 7.12 Å². The fourth-order valence-corrected chi connectivity index (χ4v) is 2.11. The molecule has 70 valence electrons. The van der Waals surface area contributed by atoms with Gasteiger partial charge in [0.25, 0.3) is 0 Å². The summed E-state index contributed by atoms with van der Waals surface area (Å²) in [6, 6.07) is 3.38. The average Bonchev–Trinajstić information content (AvgIpc) is 2.08. The summed E-state index contributed by atoms with van der Waals surface area (Å²) in [7, 11) is -1.45. The fourth-order valence-electron chi connectivity index (χ4n) is 1.15. The lowest BCUT2D eigenvalue weighted by Crippen LogP contribution is -2.32. The molecule has 0 aliphatic rings. The maximum absolute atomic E-state index is 9.04.